The fourth-order valence-electron chi connectivity index (χ4n) is 1.35. The number of hydrazone groups is 1. The van der Waals surface area contributed by atoms with E-state index in [0.717, 1.165) is 4.88 Å². The van der Waals surface area contributed by atoms with Gasteiger partial charge in [0.1, 0.15) is 5.75 Å². The SMILES string of the molecule is O=C(N/N=C\c1ccc(Cl)s1)c1cc(Br)cc(Br)c1O. The first-order valence-electron chi connectivity index (χ1n) is 5.24. The molecule has 2 rings (SSSR count). The average Bonchev–Trinajstić information content (AvgIpc) is 2.79. The van der Waals surface area contributed by atoms with Gasteiger partial charge in [-0.2, -0.15) is 5.10 Å². The van der Waals surface area contributed by atoms with Gasteiger partial charge in [-0.1, -0.05) is 27.5 Å². The number of amides is 1. The molecule has 8 heteroatoms. The Balaban J connectivity index is 2.11. The van der Waals surface area contributed by atoms with Gasteiger partial charge in [0.2, 0.25) is 0 Å². The zero-order chi connectivity index (χ0) is 14.7. The first kappa shape index (κ1) is 15.5. The Labute approximate surface area is 140 Å². The largest absolute Gasteiger partial charge is 0.506 e. The quantitative estimate of drug-likeness (QED) is 0.551. The molecule has 1 amide bonds. The van der Waals surface area contributed by atoms with Crippen molar-refractivity contribution in [3.63, 3.8) is 0 Å². The Morgan fingerprint density at radius 3 is 2.80 bits per heavy atom. The number of rotatable bonds is 3. The second-order valence-corrected chi connectivity index (χ2v) is 7.14. The minimum absolute atomic E-state index is 0.118. The molecular weight excluding hydrogens is 431 g/mol. The van der Waals surface area contributed by atoms with Crippen LogP contribution in [-0.4, -0.2) is 17.2 Å². The lowest BCUT2D eigenvalue weighted by Gasteiger charge is -2.05. The van der Waals surface area contributed by atoms with Crippen molar-refractivity contribution in [1.29, 1.82) is 0 Å². The lowest BCUT2D eigenvalue weighted by molar-refractivity contribution is 0.0952. The first-order valence-corrected chi connectivity index (χ1v) is 8.02. The minimum Gasteiger partial charge on any atom is -0.506 e. The maximum Gasteiger partial charge on any atom is 0.275 e. The maximum atomic E-state index is 11.9. The van der Waals surface area contributed by atoms with Crippen LogP contribution in [0.5, 0.6) is 5.75 Å². The highest BCUT2D eigenvalue weighted by Crippen LogP contribution is 2.31. The van der Waals surface area contributed by atoms with Gasteiger partial charge < -0.3 is 5.11 Å². The smallest absolute Gasteiger partial charge is 0.275 e. The highest BCUT2D eigenvalue weighted by Gasteiger charge is 2.14. The molecule has 20 heavy (non-hydrogen) atoms. The fraction of sp³-hybridized carbons (Fsp3) is 0. The Hall–Kier alpha value is -0.890. The molecule has 0 spiro atoms. The van der Waals surface area contributed by atoms with Crippen LogP contribution in [-0.2, 0) is 0 Å². The van der Waals surface area contributed by atoms with Crippen LogP contribution < -0.4 is 5.43 Å². The van der Waals surface area contributed by atoms with Crippen LogP contribution in [0, 0.1) is 0 Å². The van der Waals surface area contributed by atoms with Crippen molar-refractivity contribution < 1.29 is 9.90 Å². The van der Waals surface area contributed by atoms with E-state index >= 15 is 0 Å². The number of aromatic hydroxyl groups is 1. The number of carbonyl (C=O) groups excluding carboxylic acids is 1. The van der Waals surface area contributed by atoms with E-state index in [4.69, 9.17) is 11.6 Å². The number of nitrogens with one attached hydrogen (secondary N) is 1. The van der Waals surface area contributed by atoms with Crippen molar-refractivity contribution in [2.45, 2.75) is 0 Å². The Morgan fingerprint density at radius 1 is 1.40 bits per heavy atom. The number of hydrogen-bond donors (Lipinski definition) is 2. The molecule has 0 aliphatic rings. The molecule has 0 atom stereocenters. The Morgan fingerprint density at radius 2 is 2.15 bits per heavy atom. The molecule has 0 bridgehead atoms. The van der Waals surface area contributed by atoms with E-state index in [1.807, 2.05) is 0 Å². The number of benzene rings is 1. The summed E-state index contributed by atoms with van der Waals surface area (Å²) in [7, 11) is 0. The number of phenols is 1. The van der Waals surface area contributed by atoms with E-state index in [1.54, 1.807) is 18.2 Å². The Kier molecular flexibility index (Phi) is 5.20. The molecule has 104 valence electrons. The van der Waals surface area contributed by atoms with Gasteiger partial charge in [0.05, 0.1) is 20.6 Å². The summed E-state index contributed by atoms with van der Waals surface area (Å²) in [5, 5.41) is 13.6. The van der Waals surface area contributed by atoms with E-state index in [2.05, 4.69) is 42.4 Å². The molecule has 0 fully saturated rings. The van der Waals surface area contributed by atoms with Gasteiger partial charge >= 0.3 is 0 Å². The molecule has 1 aromatic carbocycles. The third-order valence-electron chi connectivity index (χ3n) is 2.22. The highest BCUT2D eigenvalue weighted by atomic mass is 79.9. The summed E-state index contributed by atoms with van der Waals surface area (Å²) in [6, 6.07) is 6.68. The molecule has 0 aliphatic carbocycles. The molecule has 4 nitrogen and oxygen atoms in total. The van der Waals surface area contributed by atoms with E-state index in [-0.39, 0.29) is 11.3 Å². The van der Waals surface area contributed by atoms with Crippen LogP contribution in [0.25, 0.3) is 0 Å². The summed E-state index contributed by atoms with van der Waals surface area (Å²) in [5.41, 5.74) is 2.46. The number of thiophene rings is 1. The monoisotopic (exact) mass is 436 g/mol. The van der Waals surface area contributed by atoms with Crippen molar-refractivity contribution >= 4 is 66.9 Å². The van der Waals surface area contributed by atoms with Crippen LogP contribution in [0.4, 0.5) is 0 Å². The summed E-state index contributed by atoms with van der Waals surface area (Å²) in [5.74, 6) is -0.650. The molecule has 1 heterocycles. The molecule has 0 saturated carbocycles. The second-order valence-electron chi connectivity index (χ2n) is 3.62. The van der Waals surface area contributed by atoms with Crippen LogP contribution in [0.15, 0.2) is 38.3 Å². The van der Waals surface area contributed by atoms with Crippen LogP contribution in [0.1, 0.15) is 15.2 Å². The summed E-state index contributed by atoms with van der Waals surface area (Å²) in [6.45, 7) is 0. The van der Waals surface area contributed by atoms with Gasteiger partial charge in [0, 0.05) is 9.35 Å². The summed E-state index contributed by atoms with van der Waals surface area (Å²) in [6.07, 6.45) is 1.48. The average molecular weight is 439 g/mol. The Bertz CT molecular complexity index is 688. The lowest BCUT2D eigenvalue weighted by atomic mass is 10.2. The molecular formula is C12H7Br2ClN2O2S. The van der Waals surface area contributed by atoms with Crippen molar-refractivity contribution in [3.8, 4) is 5.75 Å². The van der Waals surface area contributed by atoms with E-state index in [1.165, 1.54) is 23.6 Å². The van der Waals surface area contributed by atoms with Gasteiger partial charge in [0.15, 0.2) is 0 Å². The van der Waals surface area contributed by atoms with Crippen molar-refractivity contribution in [1.82, 2.24) is 5.43 Å². The predicted molar refractivity (Wildman–Crippen MR) is 87.9 cm³/mol. The van der Waals surface area contributed by atoms with Gasteiger partial charge in [-0.05, 0) is 40.2 Å². The van der Waals surface area contributed by atoms with E-state index in [9.17, 15) is 9.90 Å². The van der Waals surface area contributed by atoms with Crippen molar-refractivity contribution in [2.24, 2.45) is 5.10 Å². The van der Waals surface area contributed by atoms with Gasteiger partial charge in [-0.3, -0.25) is 4.79 Å². The fourth-order valence-corrected chi connectivity index (χ4v) is 3.51. The second kappa shape index (κ2) is 6.71. The van der Waals surface area contributed by atoms with Crippen molar-refractivity contribution in [2.75, 3.05) is 0 Å². The van der Waals surface area contributed by atoms with Crippen LogP contribution in [0.2, 0.25) is 4.34 Å². The molecule has 2 aromatic rings. The molecule has 1 aromatic heterocycles. The lowest BCUT2D eigenvalue weighted by Crippen LogP contribution is -2.17. The maximum absolute atomic E-state index is 11.9. The molecule has 0 radical (unpaired) electrons. The van der Waals surface area contributed by atoms with E-state index in [0.29, 0.717) is 13.3 Å². The minimum atomic E-state index is -0.511. The molecule has 0 saturated heterocycles. The number of hydrogen-bond acceptors (Lipinski definition) is 4. The van der Waals surface area contributed by atoms with Gasteiger partial charge in [-0.25, -0.2) is 5.43 Å². The van der Waals surface area contributed by atoms with Crippen LogP contribution >= 0.6 is 54.8 Å². The first-order chi connectivity index (χ1) is 9.47. The van der Waals surface area contributed by atoms with Gasteiger partial charge in [-0.15, -0.1) is 11.3 Å². The normalized spacial score (nSPS) is 10.9. The predicted octanol–water partition coefficient (Wildman–Crippen LogP) is 4.40. The zero-order valence-corrected chi connectivity index (χ0v) is 14.5. The summed E-state index contributed by atoms with van der Waals surface area (Å²) in [4.78, 5) is 12.7. The molecule has 0 unspecified atom stereocenters. The number of carbonyl (C=O) groups is 1. The third-order valence-corrected chi connectivity index (χ3v) is 4.45. The third kappa shape index (κ3) is 3.82. The van der Waals surface area contributed by atoms with Crippen molar-refractivity contribution in [3.05, 3.63) is 48.0 Å². The highest BCUT2D eigenvalue weighted by molar-refractivity contribution is 9.11. The summed E-state index contributed by atoms with van der Waals surface area (Å²) < 4.78 is 1.73. The molecule has 2 N–H and O–H groups in total. The molecule has 0 aliphatic heterocycles. The topological polar surface area (TPSA) is 61.7 Å². The number of nitrogens with zero attached hydrogens (tertiary/aromatic N) is 1. The standard InChI is InChI=1S/C12H7Br2ClN2O2S/c13-6-3-8(11(18)9(14)4-6)12(19)17-16-5-7-1-2-10(15)20-7/h1-5,18H,(H,17,19)/b16-5-. The number of halogens is 3. The van der Waals surface area contributed by atoms with Gasteiger partial charge in [0.25, 0.3) is 5.91 Å². The van der Waals surface area contributed by atoms with Crippen LogP contribution in [0.3, 0.4) is 0 Å². The zero-order valence-electron chi connectivity index (χ0n) is 9.73. The summed E-state index contributed by atoms with van der Waals surface area (Å²) >= 11 is 13.5. The number of phenolic OH excluding ortho intramolecular Hbond substituents is 1. The van der Waals surface area contributed by atoms with E-state index < -0.39 is 5.91 Å².